The van der Waals surface area contributed by atoms with Crippen LogP contribution in [-0.2, 0) is 27.4 Å². The number of hydrogen-bond donors (Lipinski definition) is 0. The molecule has 0 bridgehead atoms. The van der Waals surface area contributed by atoms with Crippen LogP contribution in [0.4, 0.5) is 0 Å². The Morgan fingerprint density at radius 3 is 2.65 bits per heavy atom. The molecule has 3 rings (SSSR count). The maximum absolute atomic E-state index is 12.0. The van der Waals surface area contributed by atoms with E-state index in [0.717, 1.165) is 22.2 Å². The van der Waals surface area contributed by atoms with Gasteiger partial charge in [0.25, 0.3) is 0 Å². The summed E-state index contributed by atoms with van der Waals surface area (Å²) in [6.45, 7) is 3.89. The Kier molecular flexibility index (Phi) is 6.28. The SMILES string of the molecule is CCOCCOC(=O)Cn1ccc2c(OCc3ccccc3)cccc21. The zero-order chi connectivity index (χ0) is 18.2. The number of aromatic nitrogens is 1. The molecule has 0 fully saturated rings. The van der Waals surface area contributed by atoms with Gasteiger partial charge in [0.2, 0.25) is 0 Å². The van der Waals surface area contributed by atoms with Crippen molar-refractivity contribution in [3.63, 3.8) is 0 Å². The van der Waals surface area contributed by atoms with E-state index in [2.05, 4.69) is 0 Å². The van der Waals surface area contributed by atoms with Crippen molar-refractivity contribution in [3.8, 4) is 5.75 Å². The fraction of sp³-hybridized carbons (Fsp3) is 0.286. The minimum atomic E-state index is -0.280. The summed E-state index contributed by atoms with van der Waals surface area (Å²) in [5.74, 6) is 0.521. The Morgan fingerprint density at radius 1 is 1.00 bits per heavy atom. The Labute approximate surface area is 153 Å². The van der Waals surface area contributed by atoms with Crippen LogP contribution in [0.2, 0.25) is 0 Å². The molecule has 0 aliphatic rings. The van der Waals surface area contributed by atoms with Gasteiger partial charge in [-0.05, 0) is 30.7 Å². The summed E-state index contributed by atoms with van der Waals surface area (Å²) in [5, 5.41) is 0.977. The van der Waals surface area contributed by atoms with Gasteiger partial charge in [-0.3, -0.25) is 4.79 Å². The summed E-state index contributed by atoms with van der Waals surface area (Å²) in [4.78, 5) is 12.0. The molecule has 5 heteroatoms. The van der Waals surface area contributed by atoms with Crippen molar-refractivity contribution < 1.29 is 19.0 Å². The first-order chi connectivity index (χ1) is 12.8. The average Bonchev–Trinajstić information content (AvgIpc) is 3.08. The highest BCUT2D eigenvalue weighted by Crippen LogP contribution is 2.27. The van der Waals surface area contributed by atoms with Gasteiger partial charge in [0, 0.05) is 18.2 Å². The largest absolute Gasteiger partial charge is 0.488 e. The van der Waals surface area contributed by atoms with Crippen molar-refractivity contribution >= 4 is 16.9 Å². The smallest absolute Gasteiger partial charge is 0.326 e. The molecular formula is C21H23NO4. The van der Waals surface area contributed by atoms with Crippen molar-refractivity contribution in [1.29, 1.82) is 0 Å². The van der Waals surface area contributed by atoms with Crippen LogP contribution in [-0.4, -0.2) is 30.4 Å². The number of fused-ring (bicyclic) bond motifs is 1. The standard InChI is InChI=1S/C21H23NO4/c1-2-24-13-14-25-21(23)15-22-12-11-18-19(22)9-6-10-20(18)26-16-17-7-4-3-5-8-17/h3-12H,2,13-16H2,1H3. The predicted octanol–water partition coefficient (Wildman–Crippen LogP) is 3.80. The van der Waals surface area contributed by atoms with Gasteiger partial charge in [-0.1, -0.05) is 36.4 Å². The van der Waals surface area contributed by atoms with Gasteiger partial charge in [0.15, 0.2) is 0 Å². The van der Waals surface area contributed by atoms with Gasteiger partial charge in [0.05, 0.1) is 12.1 Å². The van der Waals surface area contributed by atoms with Crippen LogP contribution in [0.25, 0.3) is 10.9 Å². The quantitative estimate of drug-likeness (QED) is 0.434. The van der Waals surface area contributed by atoms with Crippen LogP contribution in [0.3, 0.4) is 0 Å². The zero-order valence-electron chi connectivity index (χ0n) is 14.9. The molecule has 0 aliphatic carbocycles. The second kappa shape index (κ2) is 9.06. The molecule has 0 saturated carbocycles. The summed E-state index contributed by atoms with van der Waals surface area (Å²) >= 11 is 0. The molecule has 0 unspecified atom stereocenters. The highest BCUT2D eigenvalue weighted by Gasteiger charge is 2.10. The second-order valence-electron chi connectivity index (χ2n) is 5.82. The Bertz CT molecular complexity index is 842. The van der Waals surface area contributed by atoms with Gasteiger partial charge in [-0.2, -0.15) is 0 Å². The van der Waals surface area contributed by atoms with Crippen LogP contribution in [0.5, 0.6) is 5.75 Å². The van der Waals surface area contributed by atoms with Crippen LogP contribution < -0.4 is 4.74 Å². The van der Waals surface area contributed by atoms with E-state index < -0.39 is 0 Å². The van der Waals surface area contributed by atoms with E-state index in [9.17, 15) is 4.79 Å². The van der Waals surface area contributed by atoms with Crippen LogP contribution in [0, 0.1) is 0 Å². The number of nitrogens with zero attached hydrogens (tertiary/aromatic N) is 1. The summed E-state index contributed by atoms with van der Waals surface area (Å²) in [6, 6.07) is 17.8. The molecule has 5 nitrogen and oxygen atoms in total. The summed E-state index contributed by atoms with van der Waals surface area (Å²) in [6.07, 6.45) is 1.88. The van der Waals surface area contributed by atoms with Gasteiger partial charge >= 0.3 is 5.97 Å². The minimum absolute atomic E-state index is 0.164. The number of carbonyl (C=O) groups excluding carboxylic acids is 1. The van der Waals surface area contributed by atoms with Crippen molar-refractivity contribution in [2.45, 2.75) is 20.1 Å². The zero-order valence-corrected chi connectivity index (χ0v) is 14.9. The number of benzene rings is 2. The first kappa shape index (κ1) is 18.0. The normalized spacial score (nSPS) is 10.8. The van der Waals surface area contributed by atoms with Gasteiger partial charge in [0.1, 0.15) is 25.5 Å². The van der Waals surface area contributed by atoms with Gasteiger partial charge in [-0.25, -0.2) is 0 Å². The number of hydrogen-bond acceptors (Lipinski definition) is 4. The third kappa shape index (κ3) is 4.64. The molecule has 26 heavy (non-hydrogen) atoms. The molecule has 1 aromatic heterocycles. The van der Waals surface area contributed by atoms with Crippen LogP contribution in [0.15, 0.2) is 60.8 Å². The molecule has 1 heterocycles. The Hall–Kier alpha value is -2.79. The molecule has 2 aromatic carbocycles. The molecule has 0 aliphatic heterocycles. The van der Waals surface area contributed by atoms with E-state index in [0.29, 0.717) is 19.8 Å². The van der Waals surface area contributed by atoms with Gasteiger partial charge < -0.3 is 18.8 Å². The maximum Gasteiger partial charge on any atom is 0.326 e. The highest BCUT2D eigenvalue weighted by molar-refractivity contribution is 5.87. The fourth-order valence-corrected chi connectivity index (χ4v) is 2.74. The Balaban J connectivity index is 1.65. The lowest BCUT2D eigenvalue weighted by Gasteiger charge is -2.09. The van der Waals surface area contributed by atoms with Crippen LogP contribution in [0.1, 0.15) is 12.5 Å². The summed E-state index contributed by atoms with van der Waals surface area (Å²) in [7, 11) is 0. The number of carbonyl (C=O) groups is 1. The first-order valence-corrected chi connectivity index (χ1v) is 8.76. The molecule has 0 amide bonds. The number of ether oxygens (including phenoxy) is 3. The molecule has 0 spiro atoms. The van der Waals surface area contributed by atoms with Gasteiger partial charge in [-0.15, -0.1) is 0 Å². The van der Waals surface area contributed by atoms with E-state index in [-0.39, 0.29) is 19.1 Å². The first-order valence-electron chi connectivity index (χ1n) is 8.76. The van der Waals surface area contributed by atoms with E-state index in [1.807, 2.05) is 72.3 Å². The van der Waals surface area contributed by atoms with Crippen molar-refractivity contribution in [2.24, 2.45) is 0 Å². The Morgan fingerprint density at radius 2 is 1.85 bits per heavy atom. The lowest BCUT2D eigenvalue weighted by Crippen LogP contribution is -2.15. The van der Waals surface area contributed by atoms with E-state index in [4.69, 9.17) is 14.2 Å². The third-order valence-corrected chi connectivity index (χ3v) is 4.01. The molecule has 0 saturated heterocycles. The molecule has 0 radical (unpaired) electrons. The molecular weight excluding hydrogens is 330 g/mol. The topological polar surface area (TPSA) is 49.7 Å². The molecule has 136 valence electrons. The molecule has 0 N–H and O–H groups in total. The van der Waals surface area contributed by atoms with Crippen molar-refractivity contribution in [1.82, 2.24) is 4.57 Å². The third-order valence-electron chi connectivity index (χ3n) is 4.01. The predicted molar refractivity (Wildman–Crippen MR) is 100 cm³/mol. The maximum atomic E-state index is 12.0. The van der Waals surface area contributed by atoms with Crippen molar-refractivity contribution in [3.05, 3.63) is 66.4 Å². The molecule has 0 atom stereocenters. The lowest BCUT2D eigenvalue weighted by atomic mass is 10.2. The summed E-state index contributed by atoms with van der Waals surface area (Å²) in [5.41, 5.74) is 2.05. The monoisotopic (exact) mass is 353 g/mol. The van der Waals surface area contributed by atoms with Crippen LogP contribution >= 0.6 is 0 Å². The number of esters is 1. The number of rotatable bonds is 9. The fourth-order valence-electron chi connectivity index (χ4n) is 2.74. The minimum Gasteiger partial charge on any atom is -0.488 e. The van der Waals surface area contributed by atoms with Crippen molar-refractivity contribution in [2.75, 3.05) is 19.8 Å². The lowest BCUT2D eigenvalue weighted by molar-refractivity contribution is -0.145. The summed E-state index contributed by atoms with van der Waals surface area (Å²) < 4.78 is 18.2. The average molecular weight is 353 g/mol. The molecule has 3 aromatic rings. The second-order valence-corrected chi connectivity index (χ2v) is 5.82. The van der Waals surface area contributed by atoms with E-state index in [1.165, 1.54) is 0 Å². The van der Waals surface area contributed by atoms with E-state index >= 15 is 0 Å². The van der Waals surface area contributed by atoms with E-state index in [1.54, 1.807) is 0 Å². The highest BCUT2D eigenvalue weighted by atomic mass is 16.6.